The topological polar surface area (TPSA) is 210 Å². The van der Waals surface area contributed by atoms with Crippen molar-refractivity contribution >= 4 is 19.8 Å². The van der Waals surface area contributed by atoms with Crippen LogP contribution in [0.1, 0.15) is 84.5 Å². The predicted molar refractivity (Wildman–Crippen MR) is 161 cm³/mol. The third-order valence-corrected chi connectivity index (χ3v) is 7.73. The lowest BCUT2D eigenvalue weighted by molar-refractivity contribution is -0.220. The van der Waals surface area contributed by atoms with Crippen molar-refractivity contribution in [2.45, 2.75) is 127 Å². The minimum atomic E-state index is -5.09. The first-order valence-electron chi connectivity index (χ1n) is 15.3. The molecule has 1 aliphatic rings. The largest absolute Gasteiger partial charge is 0.472 e. The van der Waals surface area contributed by atoms with Gasteiger partial charge in [0.25, 0.3) is 0 Å². The zero-order valence-corrected chi connectivity index (χ0v) is 26.6. The van der Waals surface area contributed by atoms with Gasteiger partial charge in [0.15, 0.2) is 6.10 Å². The fourth-order valence-corrected chi connectivity index (χ4v) is 5.13. The molecule has 1 saturated carbocycles. The lowest BCUT2D eigenvalue weighted by Gasteiger charge is -2.41. The number of allylic oxidation sites excluding steroid dienone is 6. The Kier molecular flexibility index (Phi) is 20.6. The van der Waals surface area contributed by atoms with Gasteiger partial charge < -0.3 is 39.9 Å². The van der Waals surface area contributed by atoms with E-state index in [-0.39, 0.29) is 12.8 Å². The standard InChI is InChI=1S/C30H51O13P/c1-3-5-7-8-9-10-11-12-13-14-15-16-17-19-24(32)42-22(20-40-23(31)18-6-4-2)21-41-44(38,39)43-30-28(36)26(34)25(33)27(35)29(30)37/h5,7,9-10,12-13,22,25-30,33-37H,3-4,6,8,11,14-21H2,1-2H3,(H,38,39)/b7-5-,10-9-,13-12-. The van der Waals surface area contributed by atoms with Crippen molar-refractivity contribution in [3.63, 3.8) is 0 Å². The highest BCUT2D eigenvalue weighted by molar-refractivity contribution is 7.47. The summed E-state index contributed by atoms with van der Waals surface area (Å²) in [7, 11) is -5.09. The van der Waals surface area contributed by atoms with Gasteiger partial charge in [0.2, 0.25) is 0 Å². The van der Waals surface area contributed by atoms with Gasteiger partial charge in [-0.2, -0.15) is 0 Å². The number of phosphoric acid groups is 1. The summed E-state index contributed by atoms with van der Waals surface area (Å²) in [5, 5.41) is 49.4. The van der Waals surface area contributed by atoms with Gasteiger partial charge in [0.05, 0.1) is 6.61 Å². The Morgan fingerprint density at radius 1 is 0.727 bits per heavy atom. The molecule has 0 radical (unpaired) electrons. The molecule has 1 rings (SSSR count). The summed E-state index contributed by atoms with van der Waals surface area (Å²) in [5.41, 5.74) is 0. The molecule has 44 heavy (non-hydrogen) atoms. The molecule has 254 valence electrons. The maximum Gasteiger partial charge on any atom is 0.472 e. The summed E-state index contributed by atoms with van der Waals surface area (Å²) in [6.45, 7) is 2.78. The molecule has 6 N–H and O–H groups in total. The Morgan fingerprint density at radius 3 is 1.91 bits per heavy atom. The molecular formula is C30H51O13P. The van der Waals surface area contributed by atoms with Crippen molar-refractivity contribution in [1.29, 1.82) is 0 Å². The maximum absolute atomic E-state index is 12.5. The third-order valence-electron chi connectivity index (χ3n) is 6.75. The second kappa shape index (κ2) is 22.6. The zero-order valence-electron chi connectivity index (χ0n) is 25.7. The second-order valence-corrected chi connectivity index (χ2v) is 12.0. The molecule has 1 aliphatic carbocycles. The first-order valence-corrected chi connectivity index (χ1v) is 16.8. The number of unbranched alkanes of at least 4 members (excludes halogenated alkanes) is 4. The van der Waals surface area contributed by atoms with Gasteiger partial charge >= 0.3 is 19.8 Å². The molecule has 0 saturated heterocycles. The van der Waals surface area contributed by atoms with Crippen molar-refractivity contribution in [3.8, 4) is 0 Å². The molecule has 13 nitrogen and oxygen atoms in total. The number of carbonyl (C=O) groups is 2. The fourth-order valence-electron chi connectivity index (χ4n) is 4.16. The molecule has 0 bridgehead atoms. The van der Waals surface area contributed by atoms with E-state index in [2.05, 4.69) is 43.4 Å². The van der Waals surface area contributed by atoms with E-state index in [9.17, 15) is 44.6 Å². The average Bonchev–Trinajstić information content (AvgIpc) is 2.99. The van der Waals surface area contributed by atoms with Crippen LogP contribution in [0.5, 0.6) is 0 Å². The quantitative estimate of drug-likeness (QED) is 0.0432. The van der Waals surface area contributed by atoms with Gasteiger partial charge in [-0.1, -0.05) is 63.1 Å². The van der Waals surface area contributed by atoms with E-state index < -0.39 is 75.7 Å². The molecule has 0 heterocycles. The van der Waals surface area contributed by atoms with E-state index in [0.29, 0.717) is 12.8 Å². The SMILES string of the molecule is CC/C=C\C/C=C\C/C=C\CCCCCC(=O)OC(COC(=O)CCCC)COP(=O)(O)OC1C(O)C(O)C(O)C(O)C1O. The number of rotatable bonds is 22. The summed E-state index contributed by atoms with van der Waals surface area (Å²) in [4.78, 5) is 34.6. The number of aliphatic hydroxyl groups excluding tert-OH is 5. The number of hydrogen-bond donors (Lipinski definition) is 6. The normalized spacial score (nSPS) is 26.3. The van der Waals surface area contributed by atoms with Crippen LogP contribution in [0.3, 0.4) is 0 Å². The summed E-state index contributed by atoms with van der Waals surface area (Å²) in [5.74, 6) is -1.18. The lowest BCUT2D eigenvalue weighted by Crippen LogP contribution is -2.64. The Bertz CT molecular complexity index is 937. The van der Waals surface area contributed by atoms with Crippen molar-refractivity contribution < 1.29 is 63.1 Å². The zero-order chi connectivity index (χ0) is 33.0. The van der Waals surface area contributed by atoms with Crippen LogP contribution in [0, 0.1) is 0 Å². The van der Waals surface area contributed by atoms with Crippen molar-refractivity contribution in [2.75, 3.05) is 13.2 Å². The molecule has 0 aromatic heterocycles. The number of esters is 2. The Labute approximate surface area is 259 Å². The lowest BCUT2D eigenvalue weighted by atomic mass is 9.85. The number of carbonyl (C=O) groups excluding carboxylic acids is 2. The number of phosphoric ester groups is 1. The Balaban J connectivity index is 2.56. The minimum Gasteiger partial charge on any atom is -0.462 e. The Hall–Kier alpha value is -1.93. The molecule has 6 unspecified atom stereocenters. The highest BCUT2D eigenvalue weighted by atomic mass is 31.2. The van der Waals surface area contributed by atoms with Crippen LogP contribution >= 0.6 is 7.82 Å². The van der Waals surface area contributed by atoms with Crippen LogP contribution in [0.2, 0.25) is 0 Å². The van der Waals surface area contributed by atoms with E-state index >= 15 is 0 Å². The highest BCUT2D eigenvalue weighted by Crippen LogP contribution is 2.47. The molecule has 1 fully saturated rings. The van der Waals surface area contributed by atoms with E-state index in [1.165, 1.54) is 0 Å². The first-order chi connectivity index (χ1) is 20.9. The van der Waals surface area contributed by atoms with Crippen molar-refractivity contribution in [1.82, 2.24) is 0 Å². The summed E-state index contributed by atoms with van der Waals surface area (Å²) in [6, 6.07) is 0. The molecule has 14 heteroatoms. The summed E-state index contributed by atoms with van der Waals surface area (Å²) < 4.78 is 32.7. The molecule has 0 aliphatic heterocycles. The van der Waals surface area contributed by atoms with E-state index in [4.69, 9.17) is 18.5 Å². The number of aliphatic hydroxyl groups is 5. The monoisotopic (exact) mass is 650 g/mol. The molecule has 0 aromatic rings. The van der Waals surface area contributed by atoms with Crippen LogP contribution in [0.25, 0.3) is 0 Å². The average molecular weight is 651 g/mol. The Morgan fingerprint density at radius 2 is 1.30 bits per heavy atom. The maximum atomic E-state index is 12.5. The smallest absolute Gasteiger partial charge is 0.462 e. The van der Waals surface area contributed by atoms with Crippen LogP contribution in [-0.2, 0) is 32.7 Å². The van der Waals surface area contributed by atoms with Crippen LogP contribution in [0.15, 0.2) is 36.5 Å². The van der Waals surface area contributed by atoms with Crippen LogP contribution < -0.4 is 0 Å². The third kappa shape index (κ3) is 16.4. The van der Waals surface area contributed by atoms with Crippen LogP contribution in [-0.4, -0.2) is 98.3 Å². The van der Waals surface area contributed by atoms with Crippen LogP contribution in [0.4, 0.5) is 0 Å². The number of ether oxygens (including phenoxy) is 2. The van der Waals surface area contributed by atoms with Gasteiger partial charge in [-0.3, -0.25) is 18.6 Å². The van der Waals surface area contributed by atoms with Gasteiger partial charge in [0.1, 0.15) is 43.2 Å². The number of hydrogen-bond acceptors (Lipinski definition) is 12. The fraction of sp³-hybridized carbons (Fsp3) is 0.733. The van der Waals surface area contributed by atoms with E-state index in [1.807, 2.05) is 6.92 Å². The van der Waals surface area contributed by atoms with Gasteiger partial charge in [-0.05, 0) is 44.9 Å². The highest BCUT2D eigenvalue weighted by Gasteiger charge is 2.51. The van der Waals surface area contributed by atoms with E-state index in [0.717, 1.165) is 44.9 Å². The van der Waals surface area contributed by atoms with Gasteiger partial charge in [-0.15, -0.1) is 0 Å². The van der Waals surface area contributed by atoms with Gasteiger partial charge in [-0.25, -0.2) is 4.57 Å². The first kappa shape index (κ1) is 40.1. The molecular weight excluding hydrogens is 599 g/mol. The van der Waals surface area contributed by atoms with Gasteiger partial charge in [0, 0.05) is 12.8 Å². The molecule has 6 atom stereocenters. The molecule has 0 amide bonds. The summed E-state index contributed by atoms with van der Waals surface area (Å²) >= 11 is 0. The minimum absolute atomic E-state index is 0.0594. The second-order valence-electron chi connectivity index (χ2n) is 10.6. The van der Waals surface area contributed by atoms with E-state index in [1.54, 1.807) is 0 Å². The van der Waals surface area contributed by atoms with Crippen molar-refractivity contribution in [2.24, 2.45) is 0 Å². The summed E-state index contributed by atoms with van der Waals surface area (Å²) in [6.07, 6.45) is 6.83. The molecule has 0 spiro atoms. The predicted octanol–water partition coefficient (Wildman–Crippen LogP) is 2.76. The molecule has 0 aromatic carbocycles. The van der Waals surface area contributed by atoms with Crippen molar-refractivity contribution in [3.05, 3.63) is 36.5 Å².